The molecule has 194 valence electrons. The Morgan fingerprint density at radius 3 is 2.59 bits per heavy atom. The van der Waals surface area contributed by atoms with Crippen LogP contribution in [0.3, 0.4) is 0 Å². The first-order chi connectivity index (χ1) is 17.7. The van der Waals surface area contributed by atoms with E-state index in [0.717, 1.165) is 6.42 Å². The van der Waals surface area contributed by atoms with Gasteiger partial charge in [-0.3, -0.25) is 24.5 Å². The largest absolute Gasteiger partial charge is 0.496 e. The number of amides is 2. The van der Waals surface area contributed by atoms with Crippen LogP contribution in [-0.4, -0.2) is 48.0 Å². The number of hydrogen-bond acceptors (Lipinski definition) is 7. The molecule has 1 heterocycles. The van der Waals surface area contributed by atoms with Gasteiger partial charge in [0.05, 0.1) is 34.1 Å². The average Bonchev–Trinajstić information content (AvgIpc) is 2.87. The van der Waals surface area contributed by atoms with Gasteiger partial charge in [-0.15, -0.1) is 0 Å². The van der Waals surface area contributed by atoms with Gasteiger partial charge in [0.15, 0.2) is 0 Å². The van der Waals surface area contributed by atoms with Crippen LogP contribution in [0.25, 0.3) is 10.9 Å². The van der Waals surface area contributed by atoms with Crippen molar-refractivity contribution < 1.29 is 19.2 Å². The molecule has 1 aliphatic carbocycles. The van der Waals surface area contributed by atoms with Crippen molar-refractivity contribution in [2.75, 3.05) is 19.5 Å². The molecule has 2 amide bonds. The Morgan fingerprint density at radius 2 is 1.89 bits per heavy atom. The third-order valence-electron chi connectivity index (χ3n) is 6.40. The molecule has 0 saturated heterocycles. The maximum absolute atomic E-state index is 13.3. The number of aromatic nitrogens is 1. The smallest absolute Gasteiger partial charge is 0.294 e. The molecule has 0 unspecified atom stereocenters. The standard InChI is InChI=1S/C25H26BrN5O6/c1-27-24(33)17-9-13(26)10-19(31(35)36)23(17)28-14-5-3-6-15(11-14)29-25(34)16-12-21(32)30-18-7-4-8-20(37-2)22(16)18/h4,7-10,12,14-15,28H,3,5-6,11H2,1-2H3,(H,27,33)(H,29,34)(H,30,32)/t14-,15+/m1/s1. The number of methoxy groups -OCH3 is 1. The molecule has 2 aromatic carbocycles. The van der Waals surface area contributed by atoms with Crippen molar-refractivity contribution in [1.82, 2.24) is 15.6 Å². The lowest BCUT2D eigenvalue weighted by Crippen LogP contribution is -2.42. The van der Waals surface area contributed by atoms with E-state index in [9.17, 15) is 24.5 Å². The summed E-state index contributed by atoms with van der Waals surface area (Å²) >= 11 is 3.24. The van der Waals surface area contributed by atoms with Gasteiger partial charge >= 0.3 is 0 Å². The number of H-pyrrole nitrogens is 1. The number of aromatic amines is 1. The Labute approximate surface area is 220 Å². The average molecular weight is 572 g/mol. The lowest BCUT2D eigenvalue weighted by Gasteiger charge is -2.31. The molecule has 11 nitrogen and oxygen atoms in total. The molecular formula is C25H26BrN5O6. The SMILES string of the molecule is CNC(=O)c1cc(Br)cc([N+](=O)[O-])c1N[C@@H]1CCC[C@H](NC(=O)c2cc(=O)[nH]c3cccc(OC)c23)C1. The van der Waals surface area contributed by atoms with Gasteiger partial charge in [0, 0.05) is 35.7 Å². The summed E-state index contributed by atoms with van der Waals surface area (Å²) in [4.78, 5) is 51.9. The molecule has 3 aromatic rings. The second-order valence-electron chi connectivity index (χ2n) is 8.79. The van der Waals surface area contributed by atoms with Crippen LogP contribution in [-0.2, 0) is 0 Å². The summed E-state index contributed by atoms with van der Waals surface area (Å²) in [6.07, 6.45) is 2.63. The number of pyridine rings is 1. The minimum atomic E-state index is -0.535. The number of nitro benzene ring substituents is 1. The zero-order chi connectivity index (χ0) is 26.7. The van der Waals surface area contributed by atoms with Crippen molar-refractivity contribution in [3.8, 4) is 5.75 Å². The quantitative estimate of drug-likeness (QED) is 0.248. The minimum Gasteiger partial charge on any atom is -0.496 e. The molecule has 4 N–H and O–H groups in total. The summed E-state index contributed by atoms with van der Waals surface area (Å²) in [6, 6.07) is 8.79. The zero-order valence-electron chi connectivity index (χ0n) is 20.2. The lowest BCUT2D eigenvalue weighted by molar-refractivity contribution is -0.384. The molecule has 12 heteroatoms. The van der Waals surface area contributed by atoms with Crippen molar-refractivity contribution in [1.29, 1.82) is 0 Å². The summed E-state index contributed by atoms with van der Waals surface area (Å²) in [7, 11) is 2.95. The van der Waals surface area contributed by atoms with Gasteiger partial charge in [0.2, 0.25) is 5.56 Å². The van der Waals surface area contributed by atoms with Crippen molar-refractivity contribution in [2.24, 2.45) is 0 Å². The predicted octanol–water partition coefficient (Wildman–Crippen LogP) is 3.72. The molecule has 0 radical (unpaired) electrons. The molecule has 0 bridgehead atoms. The number of fused-ring (bicyclic) bond motifs is 1. The van der Waals surface area contributed by atoms with E-state index in [2.05, 4.69) is 36.9 Å². The van der Waals surface area contributed by atoms with Gasteiger partial charge in [-0.25, -0.2) is 0 Å². The Balaban J connectivity index is 1.58. The first-order valence-electron chi connectivity index (χ1n) is 11.7. The number of carbonyl (C=O) groups is 2. The molecule has 0 spiro atoms. The van der Waals surface area contributed by atoms with Gasteiger partial charge in [0.25, 0.3) is 17.5 Å². The van der Waals surface area contributed by atoms with E-state index < -0.39 is 22.3 Å². The Hall–Kier alpha value is -3.93. The van der Waals surface area contributed by atoms with E-state index in [4.69, 9.17) is 4.74 Å². The summed E-state index contributed by atoms with van der Waals surface area (Å²) in [5, 5.41) is 21.0. The minimum absolute atomic E-state index is 0.134. The van der Waals surface area contributed by atoms with Crippen LogP contribution in [0.15, 0.2) is 45.7 Å². The van der Waals surface area contributed by atoms with Gasteiger partial charge in [-0.2, -0.15) is 0 Å². The Kier molecular flexibility index (Phi) is 7.77. The van der Waals surface area contributed by atoms with Crippen molar-refractivity contribution in [3.63, 3.8) is 0 Å². The second-order valence-corrected chi connectivity index (χ2v) is 9.71. The molecule has 1 saturated carbocycles. The summed E-state index contributed by atoms with van der Waals surface area (Å²) in [6.45, 7) is 0. The van der Waals surface area contributed by atoms with Crippen LogP contribution in [0, 0.1) is 10.1 Å². The van der Waals surface area contributed by atoms with E-state index in [1.165, 1.54) is 32.4 Å². The molecular weight excluding hydrogens is 546 g/mol. The highest BCUT2D eigenvalue weighted by Crippen LogP contribution is 2.35. The van der Waals surface area contributed by atoms with Crippen molar-refractivity contribution in [3.05, 3.63) is 72.5 Å². The number of carbonyl (C=O) groups excluding carboxylic acids is 2. The number of ether oxygens (including phenoxy) is 1. The first-order valence-corrected chi connectivity index (χ1v) is 12.5. The third kappa shape index (κ3) is 5.58. The normalized spacial score (nSPS) is 17.2. The predicted molar refractivity (Wildman–Crippen MR) is 142 cm³/mol. The van der Waals surface area contributed by atoms with Crippen LogP contribution < -0.4 is 26.2 Å². The van der Waals surface area contributed by atoms with E-state index in [1.54, 1.807) is 18.2 Å². The maximum Gasteiger partial charge on any atom is 0.294 e. The Morgan fingerprint density at radius 1 is 1.14 bits per heavy atom. The number of benzene rings is 2. The number of anilines is 1. The zero-order valence-corrected chi connectivity index (χ0v) is 21.8. The van der Waals surface area contributed by atoms with Crippen LogP contribution in [0.5, 0.6) is 5.75 Å². The van der Waals surface area contributed by atoms with Crippen molar-refractivity contribution >= 4 is 50.0 Å². The van der Waals surface area contributed by atoms with Gasteiger partial charge in [-0.05, 0) is 43.9 Å². The van der Waals surface area contributed by atoms with Crippen LogP contribution >= 0.6 is 15.9 Å². The summed E-state index contributed by atoms with van der Waals surface area (Å²) < 4.78 is 5.82. The van der Waals surface area contributed by atoms with Gasteiger partial charge in [-0.1, -0.05) is 22.0 Å². The van der Waals surface area contributed by atoms with Crippen LogP contribution in [0.1, 0.15) is 46.4 Å². The topological polar surface area (TPSA) is 155 Å². The van der Waals surface area contributed by atoms with Gasteiger partial charge < -0.3 is 25.7 Å². The summed E-state index contributed by atoms with van der Waals surface area (Å²) in [5.41, 5.74) is 0.354. The number of nitrogens with zero attached hydrogens (tertiary/aromatic N) is 1. The van der Waals surface area contributed by atoms with Gasteiger partial charge in [0.1, 0.15) is 11.4 Å². The highest BCUT2D eigenvalue weighted by atomic mass is 79.9. The monoisotopic (exact) mass is 571 g/mol. The third-order valence-corrected chi connectivity index (χ3v) is 6.86. The van der Waals surface area contributed by atoms with E-state index in [0.29, 0.717) is 40.4 Å². The number of nitrogens with one attached hydrogen (secondary N) is 4. The van der Waals surface area contributed by atoms with E-state index >= 15 is 0 Å². The molecule has 2 atom stereocenters. The fourth-order valence-corrected chi connectivity index (χ4v) is 5.20. The lowest BCUT2D eigenvalue weighted by atomic mass is 9.90. The van der Waals surface area contributed by atoms with Crippen LogP contribution in [0.2, 0.25) is 0 Å². The first kappa shape index (κ1) is 26.1. The fourth-order valence-electron chi connectivity index (χ4n) is 4.76. The van der Waals surface area contributed by atoms with Crippen LogP contribution in [0.4, 0.5) is 11.4 Å². The highest BCUT2D eigenvalue weighted by molar-refractivity contribution is 9.10. The fraction of sp³-hybridized carbons (Fsp3) is 0.320. The second kappa shape index (κ2) is 11.0. The molecule has 1 aromatic heterocycles. The maximum atomic E-state index is 13.3. The molecule has 1 fully saturated rings. The number of nitro groups is 1. The molecule has 1 aliphatic rings. The van der Waals surface area contributed by atoms with Crippen molar-refractivity contribution in [2.45, 2.75) is 37.8 Å². The number of rotatable bonds is 7. The molecule has 37 heavy (non-hydrogen) atoms. The number of hydrogen-bond donors (Lipinski definition) is 4. The number of halogens is 1. The summed E-state index contributed by atoms with van der Waals surface area (Å²) in [5.74, 6) is -0.402. The molecule has 0 aliphatic heterocycles. The Bertz CT molecular complexity index is 1440. The molecule has 4 rings (SSSR count). The van der Waals surface area contributed by atoms with E-state index in [-0.39, 0.29) is 34.6 Å². The highest BCUT2D eigenvalue weighted by Gasteiger charge is 2.29. The van der Waals surface area contributed by atoms with E-state index in [1.807, 2.05) is 0 Å².